The highest BCUT2D eigenvalue weighted by atomic mass is 15.2. The first-order valence-corrected chi connectivity index (χ1v) is 6.71. The van der Waals surface area contributed by atoms with Crippen LogP contribution in [0.15, 0.2) is 24.3 Å². The van der Waals surface area contributed by atoms with Crippen molar-refractivity contribution in [2.75, 3.05) is 19.6 Å². The molecule has 0 saturated carbocycles. The van der Waals surface area contributed by atoms with E-state index >= 15 is 0 Å². The topological polar surface area (TPSA) is 29.3 Å². The first-order chi connectivity index (χ1) is 8.20. The highest BCUT2D eigenvalue weighted by molar-refractivity contribution is 5.24. The van der Waals surface area contributed by atoms with Gasteiger partial charge in [0.15, 0.2) is 0 Å². The van der Waals surface area contributed by atoms with Crippen LogP contribution in [0.5, 0.6) is 0 Å². The SMILES string of the molecule is Cc1cccc(C(C)N2CCCC(CN)C2)c1. The summed E-state index contributed by atoms with van der Waals surface area (Å²) in [5.74, 6) is 0.691. The van der Waals surface area contributed by atoms with Gasteiger partial charge in [-0.2, -0.15) is 0 Å². The maximum absolute atomic E-state index is 5.80. The number of nitrogens with zero attached hydrogens (tertiary/aromatic N) is 1. The van der Waals surface area contributed by atoms with Crippen molar-refractivity contribution in [3.05, 3.63) is 35.4 Å². The highest BCUT2D eigenvalue weighted by Crippen LogP contribution is 2.26. The van der Waals surface area contributed by atoms with Gasteiger partial charge in [-0.3, -0.25) is 4.90 Å². The van der Waals surface area contributed by atoms with Gasteiger partial charge in [-0.05, 0) is 51.3 Å². The van der Waals surface area contributed by atoms with E-state index in [-0.39, 0.29) is 0 Å². The molecule has 2 unspecified atom stereocenters. The van der Waals surface area contributed by atoms with E-state index in [2.05, 4.69) is 43.0 Å². The van der Waals surface area contributed by atoms with Crippen LogP contribution in [0, 0.1) is 12.8 Å². The van der Waals surface area contributed by atoms with Crippen LogP contribution in [0.25, 0.3) is 0 Å². The third kappa shape index (κ3) is 3.08. The fourth-order valence-electron chi connectivity index (χ4n) is 2.78. The number of benzene rings is 1. The van der Waals surface area contributed by atoms with Crippen LogP contribution < -0.4 is 5.73 Å². The molecular formula is C15H24N2. The number of nitrogens with two attached hydrogens (primary N) is 1. The summed E-state index contributed by atoms with van der Waals surface area (Å²) in [6.07, 6.45) is 2.59. The highest BCUT2D eigenvalue weighted by Gasteiger charge is 2.23. The van der Waals surface area contributed by atoms with E-state index in [9.17, 15) is 0 Å². The second kappa shape index (κ2) is 5.65. The van der Waals surface area contributed by atoms with Gasteiger partial charge in [0.25, 0.3) is 0 Å². The molecule has 0 aliphatic carbocycles. The second-order valence-electron chi connectivity index (χ2n) is 5.33. The number of likely N-dealkylation sites (tertiary alicyclic amines) is 1. The average molecular weight is 232 g/mol. The quantitative estimate of drug-likeness (QED) is 0.868. The van der Waals surface area contributed by atoms with Gasteiger partial charge in [0.05, 0.1) is 0 Å². The van der Waals surface area contributed by atoms with E-state index in [1.165, 1.54) is 30.5 Å². The van der Waals surface area contributed by atoms with Gasteiger partial charge in [0.2, 0.25) is 0 Å². The van der Waals surface area contributed by atoms with Crippen molar-refractivity contribution in [3.63, 3.8) is 0 Å². The van der Waals surface area contributed by atoms with Gasteiger partial charge in [-0.1, -0.05) is 29.8 Å². The summed E-state index contributed by atoms with van der Waals surface area (Å²) in [6.45, 7) is 7.68. The molecule has 17 heavy (non-hydrogen) atoms. The molecule has 2 nitrogen and oxygen atoms in total. The first kappa shape index (κ1) is 12.6. The maximum Gasteiger partial charge on any atom is 0.0320 e. The van der Waals surface area contributed by atoms with Gasteiger partial charge in [0, 0.05) is 12.6 Å². The second-order valence-corrected chi connectivity index (χ2v) is 5.33. The van der Waals surface area contributed by atoms with E-state index in [1.54, 1.807) is 0 Å². The lowest BCUT2D eigenvalue weighted by Gasteiger charge is -2.36. The summed E-state index contributed by atoms with van der Waals surface area (Å²) >= 11 is 0. The van der Waals surface area contributed by atoms with E-state index in [4.69, 9.17) is 5.73 Å². The minimum atomic E-state index is 0.518. The van der Waals surface area contributed by atoms with Crippen molar-refractivity contribution in [3.8, 4) is 0 Å². The average Bonchev–Trinajstić information content (AvgIpc) is 2.38. The van der Waals surface area contributed by atoms with Crippen molar-refractivity contribution in [2.24, 2.45) is 11.7 Å². The van der Waals surface area contributed by atoms with E-state index in [0.717, 1.165) is 13.1 Å². The molecule has 1 aromatic carbocycles. The Labute approximate surface area is 105 Å². The Bertz CT molecular complexity index is 362. The molecule has 0 amide bonds. The van der Waals surface area contributed by atoms with Gasteiger partial charge in [-0.25, -0.2) is 0 Å². The summed E-state index contributed by atoms with van der Waals surface area (Å²) in [7, 11) is 0. The molecule has 1 aromatic rings. The molecule has 0 spiro atoms. The molecule has 1 fully saturated rings. The monoisotopic (exact) mass is 232 g/mol. The molecule has 1 aliphatic rings. The number of hydrogen-bond acceptors (Lipinski definition) is 2. The predicted octanol–water partition coefficient (Wildman–Crippen LogP) is 2.73. The van der Waals surface area contributed by atoms with Crippen LogP contribution in [0.2, 0.25) is 0 Å². The standard InChI is InChI=1S/C15H24N2/c1-12-5-3-7-15(9-12)13(2)17-8-4-6-14(10-16)11-17/h3,5,7,9,13-14H,4,6,8,10-11,16H2,1-2H3. The zero-order valence-corrected chi connectivity index (χ0v) is 11.0. The molecule has 1 aliphatic heterocycles. The molecule has 2 atom stereocenters. The molecular weight excluding hydrogens is 208 g/mol. The van der Waals surface area contributed by atoms with Crippen LogP contribution >= 0.6 is 0 Å². The molecule has 0 radical (unpaired) electrons. The Morgan fingerprint density at radius 3 is 3.00 bits per heavy atom. The van der Waals surface area contributed by atoms with E-state index in [1.807, 2.05) is 0 Å². The number of hydrogen-bond donors (Lipinski definition) is 1. The van der Waals surface area contributed by atoms with Crippen molar-refractivity contribution in [1.29, 1.82) is 0 Å². The van der Waals surface area contributed by atoms with Crippen molar-refractivity contribution in [2.45, 2.75) is 32.7 Å². The first-order valence-electron chi connectivity index (χ1n) is 6.71. The zero-order valence-electron chi connectivity index (χ0n) is 11.0. The summed E-state index contributed by atoms with van der Waals surface area (Å²) in [6, 6.07) is 9.38. The van der Waals surface area contributed by atoms with E-state index < -0.39 is 0 Å². The Hall–Kier alpha value is -0.860. The third-order valence-electron chi connectivity index (χ3n) is 3.96. The summed E-state index contributed by atoms with van der Waals surface area (Å²) in [4.78, 5) is 2.58. The molecule has 94 valence electrons. The third-order valence-corrected chi connectivity index (χ3v) is 3.96. The van der Waals surface area contributed by atoms with Gasteiger partial charge in [0.1, 0.15) is 0 Å². The van der Waals surface area contributed by atoms with Crippen LogP contribution in [0.3, 0.4) is 0 Å². The summed E-state index contributed by atoms with van der Waals surface area (Å²) in [5, 5.41) is 0. The van der Waals surface area contributed by atoms with Crippen LogP contribution in [0.1, 0.15) is 36.9 Å². The Balaban J connectivity index is 2.06. The van der Waals surface area contributed by atoms with Crippen molar-refractivity contribution in [1.82, 2.24) is 4.90 Å². The predicted molar refractivity (Wildman–Crippen MR) is 72.9 cm³/mol. The molecule has 1 heterocycles. The normalized spacial score (nSPS) is 23.6. The lowest BCUT2D eigenvalue weighted by atomic mass is 9.95. The lowest BCUT2D eigenvalue weighted by molar-refractivity contribution is 0.134. The number of piperidine rings is 1. The van der Waals surface area contributed by atoms with E-state index in [0.29, 0.717) is 12.0 Å². The molecule has 2 rings (SSSR count). The van der Waals surface area contributed by atoms with Gasteiger partial charge in [-0.15, -0.1) is 0 Å². The molecule has 0 bridgehead atoms. The van der Waals surface area contributed by atoms with Crippen molar-refractivity contribution < 1.29 is 0 Å². The fraction of sp³-hybridized carbons (Fsp3) is 0.600. The van der Waals surface area contributed by atoms with Gasteiger partial charge < -0.3 is 5.73 Å². The van der Waals surface area contributed by atoms with Crippen LogP contribution in [-0.2, 0) is 0 Å². The minimum Gasteiger partial charge on any atom is -0.330 e. The molecule has 2 N–H and O–H groups in total. The fourth-order valence-corrected chi connectivity index (χ4v) is 2.78. The molecule has 1 saturated heterocycles. The number of rotatable bonds is 3. The van der Waals surface area contributed by atoms with Crippen LogP contribution in [-0.4, -0.2) is 24.5 Å². The molecule has 0 aromatic heterocycles. The zero-order chi connectivity index (χ0) is 12.3. The number of aryl methyl sites for hydroxylation is 1. The van der Waals surface area contributed by atoms with Gasteiger partial charge >= 0.3 is 0 Å². The van der Waals surface area contributed by atoms with Crippen LogP contribution in [0.4, 0.5) is 0 Å². The largest absolute Gasteiger partial charge is 0.330 e. The minimum absolute atomic E-state index is 0.518. The Morgan fingerprint density at radius 2 is 2.29 bits per heavy atom. The smallest absolute Gasteiger partial charge is 0.0320 e. The summed E-state index contributed by atoms with van der Waals surface area (Å²) in [5.41, 5.74) is 8.58. The Morgan fingerprint density at radius 1 is 1.47 bits per heavy atom. The lowest BCUT2D eigenvalue weighted by Crippen LogP contribution is -2.39. The summed E-state index contributed by atoms with van der Waals surface area (Å²) < 4.78 is 0. The van der Waals surface area contributed by atoms with Crippen molar-refractivity contribution >= 4 is 0 Å². The molecule has 2 heteroatoms. The maximum atomic E-state index is 5.80. The Kier molecular flexibility index (Phi) is 4.19.